The molecule has 0 saturated heterocycles. The fraction of sp³-hybridized carbons (Fsp3) is 0.737. The minimum absolute atomic E-state index is 0.805. The van der Waals surface area contributed by atoms with Gasteiger partial charge in [-0.15, -0.1) is 11.3 Å². The number of ether oxygens (including phenoxy) is 1. The van der Waals surface area contributed by atoms with Gasteiger partial charge in [-0.1, -0.05) is 13.3 Å². The van der Waals surface area contributed by atoms with Crippen LogP contribution in [0.1, 0.15) is 43.6 Å². The van der Waals surface area contributed by atoms with E-state index in [1.807, 2.05) is 11.3 Å². The van der Waals surface area contributed by atoms with Crippen LogP contribution in [0, 0.1) is 0 Å². The van der Waals surface area contributed by atoms with E-state index in [1.54, 1.807) is 4.88 Å². The van der Waals surface area contributed by atoms with Crippen molar-refractivity contribution in [3.8, 4) is 0 Å². The van der Waals surface area contributed by atoms with Crippen molar-refractivity contribution < 1.29 is 4.74 Å². The van der Waals surface area contributed by atoms with Crippen LogP contribution in [0.2, 0.25) is 0 Å². The van der Waals surface area contributed by atoms with Gasteiger partial charge in [-0.3, -0.25) is 9.89 Å². The lowest BCUT2D eigenvalue weighted by Crippen LogP contribution is -2.42. The van der Waals surface area contributed by atoms with Gasteiger partial charge < -0.3 is 15.4 Å². The monoisotopic (exact) mass is 366 g/mol. The largest absolute Gasteiger partial charge is 0.381 e. The van der Waals surface area contributed by atoms with Crippen LogP contribution in [0.15, 0.2) is 16.4 Å². The maximum Gasteiger partial charge on any atom is 0.191 e. The van der Waals surface area contributed by atoms with Gasteiger partial charge in [-0.05, 0) is 43.2 Å². The maximum absolute atomic E-state index is 5.58. The first kappa shape index (κ1) is 20.2. The lowest BCUT2D eigenvalue weighted by molar-refractivity contribution is 0.130. The van der Waals surface area contributed by atoms with Crippen LogP contribution in [0.3, 0.4) is 0 Å². The minimum atomic E-state index is 0.805. The molecule has 0 atom stereocenters. The highest BCUT2D eigenvalue weighted by Gasteiger charge is 2.16. The Labute approximate surface area is 156 Å². The Hall–Kier alpha value is -1.11. The Balaban J connectivity index is 1.61. The molecule has 0 saturated carbocycles. The van der Waals surface area contributed by atoms with Gasteiger partial charge in [0.1, 0.15) is 0 Å². The van der Waals surface area contributed by atoms with Crippen LogP contribution < -0.4 is 10.6 Å². The predicted octanol–water partition coefficient (Wildman–Crippen LogP) is 2.87. The summed E-state index contributed by atoms with van der Waals surface area (Å²) >= 11 is 1.90. The zero-order chi connectivity index (χ0) is 17.7. The van der Waals surface area contributed by atoms with Crippen LogP contribution in [0.5, 0.6) is 0 Å². The molecule has 6 heteroatoms. The fourth-order valence-electron chi connectivity index (χ4n) is 2.88. The SMILES string of the molecule is CCCCOCCCN=C(NCC)NCCN1CCc2sccc2C1. The zero-order valence-electron chi connectivity index (χ0n) is 15.9. The van der Waals surface area contributed by atoms with Gasteiger partial charge in [0.2, 0.25) is 0 Å². The van der Waals surface area contributed by atoms with Crippen molar-refractivity contribution in [3.63, 3.8) is 0 Å². The van der Waals surface area contributed by atoms with E-state index in [-0.39, 0.29) is 0 Å². The van der Waals surface area contributed by atoms with Crippen LogP contribution in [-0.4, -0.2) is 56.8 Å². The Morgan fingerprint density at radius 3 is 3.00 bits per heavy atom. The van der Waals surface area contributed by atoms with Crippen LogP contribution in [0.4, 0.5) is 0 Å². The average Bonchev–Trinajstić information content (AvgIpc) is 3.08. The molecule has 0 unspecified atom stereocenters. The summed E-state index contributed by atoms with van der Waals surface area (Å²) in [6, 6.07) is 2.27. The molecule has 142 valence electrons. The average molecular weight is 367 g/mol. The zero-order valence-corrected chi connectivity index (χ0v) is 16.7. The first-order valence-corrected chi connectivity index (χ1v) is 10.6. The van der Waals surface area contributed by atoms with E-state index in [2.05, 4.69) is 45.8 Å². The van der Waals surface area contributed by atoms with Gasteiger partial charge in [-0.2, -0.15) is 0 Å². The van der Waals surface area contributed by atoms with Gasteiger partial charge >= 0.3 is 0 Å². The van der Waals surface area contributed by atoms with Gasteiger partial charge in [-0.25, -0.2) is 0 Å². The molecule has 0 aromatic carbocycles. The molecule has 2 N–H and O–H groups in total. The molecule has 0 aliphatic carbocycles. The van der Waals surface area contributed by atoms with E-state index in [0.29, 0.717) is 0 Å². The summed E-state index contributed by atoms with van der Waals surface area (Å²) in [6.45, 7) is 11.9. The second-order valence-electron chi connectivity index (χ2n) is 6.40. The van der Waals surface area contributed by atoms with Gasteiger partial charge in [0.25, 0.3) is 0 Å². The summed E-state index contributed by atoms with van der Waals surface area (Å²) in [7, 11) is 0. The first-order chi connectivity index (χ1) is 12.3. The molecule has 1 aromatic rings. The van der Waals surface area contributed by atoms with Gasteiger partial charge in [0, 0.05) is 57.4 Å². The minimum Gasteiger partial charge on any atom is -0.381 e. The van der Waals surface area contributed by atoms with Crippen molar-refractivity contribution in [2.75, 3.05) is 45.9 Å². The Morgan fingerprint density at radius 2 is 2.16 bits per heavy atom. The van der Waals surface area contributed by atoms with E-state index in [0.717, 1.165) is 71.3 Å². The molecule has 25 heavy (non-hydrogen) atoms. The van der Waals surface area contributed by atoms with Crippen molar-refractivity contribution >= 4 is 17.3 Å². The fourth-order valence-corrected chi connectivity index (χ4v) is 3.77. The maximum atomic E-state index is 5.58. The van der Waals surface area contributed by atoms with Crippen molar-refractivity contribution in [2.24, 2.45) is 4.99 Å². The summed E-state index contributed by atoms with van der Waals surface area (Å²) in [5.74, 6) is 0.921. The third kappa shape index (κ3) is 7.75. The molecule has 1 aliphatic heterocycles. The molecule has 5 nitrogen and oxygen atoms in total. The third-order valence-corrected chi connectivity index (χ3v) is 5.33. The Bertz CT molecular complexity index is 503. The summed E-state index contributed by atoms with van der Waals surface area (Å²) < 4.78 is 5.58. The number of rotatable bonds is 11. The molecular weight excluding hydrogens is 332 g/mol. The smallest absolute Gasteiger partial charge is 0.191 e. The standard InChI is InChI=1S/C19H34N4OS/c1-3-5-13-24-14-6-9-21-19(20-4-2)22-10-12-23-11-7-18-17(16-23)8-15-25-18/h8,15H,3-7,9-14,16H2,1-2H3,(H2,20,21,22). The van der Waals surface area contributed by atoms with Gasteiger partial charge in [0.15, 0.2) is 5.96 Å². The van der Waals surface area contributed by atoms with E-state index in [4.69, 9.17) is 4.74 Å². The highest BCUT2D eigenvalue weighted by atomic mass is 32.1. The molecule has 0 radical (unpaired) electrons. The van der Waals surface area contributed by atoms with Crippen LogP contribution in [-0.2, 0) is 17.7 Å². The molecule has 2 rings (SSSR count). The lowest BCUT2D eigenvalue weighted by Gasteiger charge is -2.27. The van der Waals surface area contributed by atoms with Crippen LogP contribution >= 0.6 is 11.3 Å². The van der Waals surface area contributed by atoms with Crippen molar-refractivity contribution in [1.82, 2.24) is 15.5 Å². The predicted molar refractivity (Wildman–Crippen MR) is 108 cm³/mol. The lowest BCUT2D eigenvalue weighted by atomic mass is 10.1. The topological polar surface area (TPSA) is 48.9 Å². The summed E-state index contributed by atoms with van der Waals surface area (Å²) in [5, 5.41) is 9.00. The van der Waals surface area contributed by atoms with Gasteiger partial charge in [0.05, 0.1) is 0 Å². The van der Waals surface area contributed by atoms with Crippen molar-refractivity contribution in [2.45, 2.75) is 46.1 Å². The molecule has 1 aromatic heterocycles. The number of hydrogen-bond acceptors (Lipinski definition) is 4. The molecule has 0 amide bonds. The summed E-state index contributed by atoms with van der Waals surface area (Å²) in [6.07, 6.45) is 4.51. The van der Waals surface area contributed by atoms with E-state index in [1.165, 1.54) is 18.4 Å². The second-order valence-corrected chi connectivity index (χ2v) is 7.40. The number of nitrogens with zero attached hydrogens (tertiary/aromatic N) is 2. The summed E-state index contributed by atoms with van der Waals surface area (Å²) in [4.78, 5) is 8.73. The quantitative estimate of drug-likeness (QED) is 0.359. The molecule has 1 aliphatic rings. The van der Waals surface area contributed by atoms with Crippen molar-refractivity contribution in [3.05, 3.63) is 21.9 Å². The number of aliphatic imine (C=N–C) groups is 1. The molecule has 2 heterocycles. The van der Waals surface area contributed by atoms with E-state index < -0.39 is 0 Å². The third-order valence-electron chi connectivity index (χ3n) is 4.31. The molecule has 0 fully saturated rings. The highest BCUT2D eigenvalue weighted by Crippen LogP contribution is 2.23. The molecular formula is C19H34N4OS. The number of unbranched alkanes of at least 4 members (excludes halogenated alkanes) is 1. The Morgan fingerprint density at radius 1 is 1.28 bits per heavy atom. The summed E-state index contributed by atoms with van der Waals surface area (Å²) in [5.41, 5.74) is 1.51. The number of guanidine groups is 1. The number of hydrogen-bond donors (Lipinski definition) is 2. The number of thiophene rings is 1. The van der Waals surface area contributed by atoms with Crippen LogP contribution in [0.25, 0.3) is 0 Å². The second kappa shape index (κ2) is 12.3. The molecule has 0 bridgehead atoms. The number of fused-ring (bicyclic) bond motifs is 1. The van der Waals surface area contributed by atoms with Crippen molar-refractivity contribution in [1.29, 1.82) is 0 Å². The number of nitrogens with one attached hydrogen (secondary N) is 2. The highest BCUT2D eigenvalue weighted by molar-refractivity contribution is 7.10. The Kier molecular flexibility index (Phi) is 9.92. The van der Waals surface area contributed by atoms with E-state index in [9.17, 15) is 0 Å². The normalized spacial score (nSPS) is 15.2. The molecule has 0 spiro atoms. The first-order valence-electron chi connectivity index (χ1n) is 9.71. The van der Waals surface area contributed by atoms with E-state index >= 15 is 0 Å².